The number of carbonyl (C=O) groups is 1. The van der Waals surface area contributed by atoms with E-state index in [1.807, 2.05) is 42.7 Å². The van der Waals surface area contributed by atoms with Gasteiger partial charge < -0.3 is 19.4 Å². The molecule has 1 amide bonds. The number of ether oxygens (including phenoxy) is 1. The van der Waals surface area contributed by atoms with E-state index in [-0.39, 0.29) is 11.7 Å². The number of aromatic nitrogens is 2. The van der Waals surface area contributed by atoms with E-state index in [1.165, 1.54) is 12.1 Å². The Morgan fingerprint density at radius 3 is 2.29 bits per heavy atom. The number of halogens is 1. The summed E-state index contributed by atoms with van der Waals surface area (Å²) in [5.41, 5.74) is 1.56. The van der Waals surface area contributed by atoms with Crippen molar-refractivity contribution in [1.29, 1.82) is 0 Å². The van der Waals surface area contributed by atoms with E-state index in [9.17, 15) is 9.18 Å². The predicted molar refractivity (Wildman–Crippen MR) is 129 cm³/mol. The number of rotatable bonds is 6. The van der Waals surface area contributed by atoms with Crippen LogP contribution in [0, 0.1) is 5.82 Å². The van der Waals surface area contributed by atoms with Gasteiger partial charge in [0.05, 0.1) is 6.54 Å². The summed E-state index contributed by atoms with van der Waals surface area (Å²) in [6.07, 6.45) is 4.77. The lowest BCUT2D eigenvalue weighted by atomic mass is 10.1. The zero-order chi connectivity index (χ0) is 23.3. The number of piperazine rings is 1. The maximum absolute atomic E-state index is 13.5. The highest BCUT2D eigenvalue weighted by atomic mass is 19.1. The molecule has 34 heavy (non-hydrogen) atoms. The Morgan fingerprint density at radius 2 is 1.71 bits per heavy atom. The van der Waals surface area contributed by atoms with Crippen molar-refractivity contribution >= 4 is 23.2 Å². The molecule has 2 aromatic heterocycles. The third-order valence-corrected chi connectivity index (χ3v) is 6.34. The fraction of sp³-hybridized carbons (Fsp3) is 0.346. The minimum Gasteiger partial charge on any atom is -0.368 e. The van der Waals surface area contributed by atoms with Gasteiger partial charge in [-0.2, -0.15) is 0 Å². The Bertz CT molecular complexity index is 1080. The first-order chi connectivity index (χ1) is 16.7. The van der Waals surface area contributed by atoms with Crippen molar-refractivity contribution in [1.82, 2.24) is 9.97 Å². The molecule has 8 heteroatoms. The third-order valence-electron chi connectivity index (χ3n) is 6.34. The minimum absolute atomic E-state index is 0.0983. The van der Waals surface area contributed by atoms with Crippen molar-refractivity contribution in [2.24, 2.45) is 0 Å². The van der Waals surface area contributed by atoms with E-state index in [1.54, 1.807) is 17.0 Å². The molecule has 0 radical (unpaired) electrons. The SMILES string of the molecule is O=C(C1CCCO1)N(Cc1ccc(N2CCN(c3ccccn3)CC2)nc1)c1ccc(F)cc1. The van der Waals surface area contributed by atoms with Crippen LogP contribution in [0.15, 0.2) is 67.0 Å². The van der Waals surface area contributed by atoms with Crippen LogP contribution in [-0.4, -0.2) is 54.8 Å². The summed E-state index contributed by atoms with van der Waals surface area (Å²) in [4.78, 5) is 28.5. The lowest BCUT2D eigenvalue weighted by Crippen LogP contribution is -2.47. The normalized spacial score (nSPS) is 18.2. The van der Waals surface area contributed by atoms with Crippen molar-refractivity contribution in [3.63, 3.8) is 0 Å². The van der Waals surface area contributed by atoms with Gasteiger partial charge in [-0.3, -0.25) is 4.79 Å². The largest absolute Gasteiger partial charge is 0.368 e. The molecule has 2 fully saturated rings. The van der Waals surface area contributed by atoms with Crippen LogP contribution >= 0.6 is 0 Å². The summed E-state index contributed by atoms with van der Waals surface area (Å²) in [7, 11) is 0. The van der Waals surface area contributed by atoms with Gasteiger partial charge in [-0.1, -0.05) is 12.1 Å². The number of hydrogen-bond donors (Lipinski definition) is 0. The second kappa shape index (κ2) is 10.2. The summed E-state index contributed by atoms with van der Waals surface area (Å²) < 4.78 is 19.1. The average Bonchev–Trinajstić information content (AvgIpc) is 3.44. The average molecular weight is 462 g/mol. The van der Waals surface area contributed by atoms with E-state index >= 15 is 0 Å². The van der Waals surface area contributed by atoms with Crippen LogP contribution in [0.4, 0.5) is 21.7 Å². The molecule has 2 aliphatic heterocycles. The molecule has 1 atom stereocenters. The third kappa shape index (κ3) is 5.02. The molecule has 0 aliphatic carbocycles. The molecular formula is C26H28FN5O2. The van der Waals surface area contributed by atoms with Gasteiger partial charge in [0.1, 0.15) is 23.6 Å². The van der Waals surface area contributed by atoms with Crippen molar-refractivity contribution in [3.8, 4) is 0 Å². The summed E-state index contributed by atoms with van der Waals surface area (Å²) >= 11 is 0. The molecule has 0 spiro atoms. The molecule has 3 aromatic rings. The highest BCUT2D eigenvalue weighted by Crippen LogP contribution is 2.24. The fourth-order valence-corrected chi connectivity index (χ4v) is 4.45. The van der Waals surface area contributed by atoms with Crippen molar-refractivity contribution in [2.45, 2.75) is 25.5 Å². The Labute approximate surface area is 198 Å². The molecule has 7 nitrogen and oxygen atoms in total. The van der Waals surface area contributed by atoms with E-state index in [0.717, 1.165) is 49.8 Å². The topological polar surface area (TPSA) is 61.8 Å². The standard InChI is InChI=1S/C26H28FN5O2/c27-21-7-9-22(10-8-21)32(26(33)23-4-3-17-34-23)19-20-6-11-25(29-18-20)31-15-13-30(14-16-31)24-5-1-2-12-28-24/h1-2,5-12,18,23H,3-4,13-17,19H2. The van der Waals surface area contributed by atoms with Crippen LogP contribution < -0.4 is 14.7 Å². The number of amides is 1. The molecule has 0 saturated carbocycles. The molecule has 1 unspecified atom stereocenters. The zero-order valence-corrected chi connectivity index (χ0v) is 19.0. The summed E-state index contributed by atoms with van der Waals surface area (Å²) in [5.74, 6) is 1.49. The summed E-state index contributed by atoms with van der Waals surface area (Å²) in [5, 5.41) is 0. The highest BCUT2D eigenvalue weighted by Gasteiger charge is 2.29. The first kappa shape index (κ1) is 22.3. The van der Waals surface area contributed by atoms with Gasteiger partial charge in [0.2, 0.25) is 0 Å². The first-order valence-electron chi connectivity index (χ1n) is 11.7. The van der Waals surface area contributed by atoms with Gasteiger partial charge in [0, 0.05) is 50.9 Å². The Hall–Kier alpha value is -3.52. The lowest BCUT2D eigenvalue weighted by molar-refractivity contribution is -0.127. The quantitative estimate of drug-likeness (QED) is 0.559. The number of pyridine rings is 2. The molecule has 2 aliphatic rings. The van der Waals surface area contributed by atoms with E-state index in [4.69, 9.17) is 4.74 Å². The Kier molecular flexibility index (Phi) is 6.67. The second-order valence-electron chi connectivity index (χ2n) is 8.59. The van der Waals surface area contributed by atoms with Gasteiger partial charge in [0.25, 0.3) is 5.91 Å². The van der Waals surface area contributed by atoms with Crippen molar-refractivity contribution in [2.75, 3.05) is 47.5 Å². The molecule has 4 heterocycles. The maximum atomic E-state index is 13.5. The molecule has 5 rings (SSSR count). The monoisotopic (exact) mass is 461 g/mol. The van der Waals surface area contributed by atoms with Gasteiger partial charge in [-0.05, 0) is 60.9 Å². The molecular weight excluding hydrogens is 433 g/mol. The van der Waals surface area contributed by atoms with E-state index < -0.39 is 6.10 Å². The Balaban J connectivity index is 1.26. The van der Waals surface area contributed by atoms with Crippen LogP contribution in [-0.2, 0) is 16.1 Å². The zero-order valence-electron chi connectivity index (χ0n) is 19.0. The van der Waals surface area contributed by atoms with Crippen molar-refractivity contribution < 1.29 is 13.9 Å². The van der Waals surface area contributed by atoms with Gasteiger partial charge in [-0.25, -0.2) is 14.4 Å². The van der Waals surface area contributed by atoms with Crippen LogP contribution in [0.3, 0.4) is 0 Å². The van der Waals surface area contributed by atoms with Crippen LogP contribution in [0.25, 0.3) is 0 Å². The van der Waals surface area contributed by atoms with Gasteiger partial charge >= 0.3 is 0 Å². The van der Waals surface area contributed by atoms with Crippen LogP contribution in [0.2, 0.25) is 0 Å². The molecule has 0 N–H and O–H groups in total. The van der Waals surface area contributed by atoms with E-state index in [2.05, 4.69) is 19.8 Å². The number of nitrogens with zero attached hydrogens (tertiary/aromatic N) is 5. The lowest BCUT2D eigenvalue weighted by Gasteiger charge is -2.36. The highest BCUT2D eigenvalue weighted by molar-refractivity contribution is 5.96. The number of anilines is 3. The number of hydrogen-bond acceptors (Lipinski definition) is 6. The smallest absolute Gasteiger partial charge is 0.256 e. The summed E-state index contributed by atoms with van der Waals surface area (Å²) in [6.45, 7) is 4.44. The second-order valence-corrected chi connectivity index (χ2v) is 8.59. The van der Waals surface area contributed by atoms with Crippen LogP contribution in [0.5, 0.6) is 0 Å². The summed E-state index contributed by atoms with van der Waals surface area (Å²) in [6, 6.07) is 16.0. The van der Waals surface area contributed by atoms with E-state index in [0.29, 0.717) is 25.3 Å². The van der Waals surface area contributed by atoms with Gasteiger partial charge in [-0.15, -0.1) is 0 Å². The number of benzene rings is 1. The first-order valence-corrected chi connectivity index (χ1v) is 11.7. The molecule has 176 valence electrons. The molecule has 0 bridgehead atoms. The fourth-order valence-electron chi connectivity index (χ4n) is 4.45. The minimum atomic E-state index is -0.451. The number of carbonyl (C=O) groups excluding carboxylic acids is 1. The molecule has 1 aromatic carbocycles. The van der Waals surface area contributed by atoms with Crippen LogP contribution in [0.1, 0.15) is 18.4 Å². The Morgan fingerprint density at radius 1 is 0.971 bits per heavy atom. The molecule has 2 saturated heterocycles. The maximum Gasteiger partial charge on any atom is 0.256 e. The van der Waals surface area contributed by atoms with Crippen molar-refractivity contribution in [3.05, 3.63) is 78.4 Å². The predicted octanol–water partition coefficient (Wildman–Crippen LogP) is 3.65. The van der Waals surface area contributed by atoms with Gasteiger partial charge in [0.15, 0.2) is 0 Å².